The highest BCUT2D eigenvalue weighted by Gasteiger charge is 2.32. The molecule has 1 heterocycles. The predicted molar refractivity (Wildman–Crippen MR) is 58.3 cm³/mol. The van der Waals surface area contributed by atoms with Crippen LogP contribution in [-0.2, 0) is 9.84 Å². The van der Waals surface area contributed by atoms with E-state index in [9.17, 15) is 13.5 Å². The second-order valence-electron chi connectivity index (χ2n) is 3.38. The van der Waals surface area contributed by atoms with Crippen molar-refractivity contribution in [3.8, 4) is 0 Å². The Labute approximate surface area is 92.9 Å². The molecule has 0 aliphatic carbocycles. The fourth-order valence-electron chi connectivity index (χ4n) is 1.58. The fourth-order valence-corrected chi connectivity index (χ4v) is 3.56. The molecule has 1 aromatic rings. The number of sulfone groups is 1. The van der Waals surface area contributed by atoms with Crippen molar-refractivity contribution >= 4 is 27.5 Å². The van der Waals surface area contributed by atoms with Crippen LogP contribution in [0.2, 0.25) is 5.02 Å². The smallest absolute Gasteiger partial charge is 0.206 e. The minimum absolute atomic E-state index is 0.00519. The Morgan fingerprint density at radius 1 is 1.40 bits per heavy atom. The van der Waals surface area contributed by atoms with E-state index in [1.54, 1.807) is 12.1 Å². The maximum absolute atomic E-state index is 11.9. The highest BCUT2D eigenvalue weighted by Crippen LogP contribution is 2.37. The molecule has 15 heavy (non-hydrogen) atoms. The molecule has 1 aliphatic heterocycles. The molecule has 5 heteroatoms. The van der Waals surface area contributed by atoms with Crippen LogP contribution in [0.5, 0.6) is 0 Å². The average Bonchev–Trinajstić information content (AvgIpc) is 2.40. The first kappa shape index (κ1) is 10.7. The predicted octanol–water partition coefficient (Wildman–Crippen LogP) is 1.85. The second kappa shape index (κ2) is 3.33. The van der Waals surface area contributed by atoms with Crippen LogP contribution in [0.1, 0.15) is 12.5 Å². The number of halogens is 1. The fraction of sp³-hybridized carbons (Fsp3) is 0.200. The van der Waals surface area contributed by atoms with E-state index >= 15 is 0 Å². The van der Waals surface area contributed by atoms with Crippen LogP contribution in [0, 0.1) is 0 Å². The molecule has 0 aromatic heterocycles. The molecule has 1 aliphatic rings. The third-order valence-corrected chi connectivity index (χ3v) is 4.66. The highest BCUT2D eigenvalue weighted by atomic mass is 35.5. The summed E-state index contributed by atoms with van der Waals surface area (Å²) in [6.07, 6.45) is 0.413. The Morgan fingerprint density at radius 2 is 2.07 bits per heavy atom. The summed E-state index contributed by atoms with van der Waals surface area (Å²) >= 11 is 5.88. The summed E-state index contributed by atoms with van der Waals surface area (Å²) in [6, 6.07) is 4.69. The van der Waals surface area contributed by atoms with Gasteiger partial charge in [0, 0.05) is 10.6 Å². The van der Waals surface area contributed by atoms with Gasteiger partial charge >= 0.3 is 0 Å². The van der Waals surface area contributed by atoms with Crippen molar-refractivity contribution in [1.29, 1.82) is 0 Å². The zero-order valence-electron chi connectivity index (χ0n) is 7.94. The molecule has 1 aromatic carbocycles. The Balaban J connectivity index is 2.75. The van der Waals surface area contributed by atoms with E-state index in [-0.39, 0.29) is 9.80 Å². The summed E-state index contributed by atoms with van der Waals surface area (Å²) in [5.74, 6) is 0. The van der Waals surface area contributed by atoms with Crippen LogP contribution >= 0.6 is 11.6 Å². The minimum Gasteiger partial charge on any atom is -0.388 e. The van der Waals surface area contributed by atoms with Crippen molar-refractivity contribution in [3.63, 3.8) is 0 Å². The summed E-state index contributed by atoms with van der Waals surface area (Å²) in [6.45, 7) is 1.42. The lowest BCUT2D eigenvalue weighted by molar-refractivity contribution is 0.240. The van der Waals surface area contributed by atoms with Crippen LogP contribution in [-0.4, -0.2) is 19.6 Å². The zero-order valence-corrected chi connectivity index (χ0v) is 9.51. The quantitative estimate of drug-likeness (QED) is 0.820. The number of hydrogen-bond donors (Lipinski definition) is 1. The summed E-state index contributed by atoms with van der Waals surface area (Å²) in [4.78, 5) is 0.177. The van der Waals surface area contributed by atoms with E-state index in [1.807, 2.05) is 0 Å². The molecule has 0 bridgehead atoms. The topological polar surface area (TPSA) is 54.4 Å². The van der Waals surface area contributed by atoms with Crippen LogP contribution in [0.25, 0.3) is 6.08 Å². The summed E-state index contributed by atoms with van der Waals surface area (Å²) in [5.41, 5.74) is 0.468. The summed E-state index contributed by atoms with van der Waals surface area (Å²) < 4.78 is 23.8. The van der Waals surface area contributed by atoms with Crippen LogP contribution in [0.15, 0.2) is 28.0 Å². The van der Waals surface area contributed by atoms with Gasteiger partial charge in [-0.2, -0.15) is 0 Å². The molecule has 2 rings (SSSR count). The first-order chi connectivity index (χ1) is 6.94. The molecular weight excluding hydrogens is 236 g/mol. The van der Waals surface area contributed by atoms with Gasteiger partial charge in [-0.05, 0) is 25.1 Å². The van der Waals surface area contributed by atoms with E-state index in [1.165, 1.54) is 19.1 Å². The molecule has 0 radical (unpaired) electrons. The largest absolute Gasteiger partial charge is 0.388 e. The first-order valence-electron chi connectivity index (χ1n) is 4.38. The van der Waals surface area contributed by atoms with Gasteiger partial charge in [0.25, 0.3) is 0 Å². The minimum atomic E-state index is -3.54. The van der Waals surface area contributed by atoms with Crippen LogP contribution in [0.4, 0.5) is 0 Å². The van der Waals surface area contributed by atoms with Crippen molar-refractivity contribution in [2.24, 2.45) is 0 Å². The lowest BCUT2D eigenvalue weighted by Crippen LogP contribution is -2.11. The Hall–Kier alpha value is -0.840. The Kier molecular flexibility index (Phi) is 2.37. The number of fused-ring (bicyclic) bond motifs is 1. The van der Waals surface area contributed by atoms with Gasteiger partial charge in [0.2, 0.25) is 9.84 Å². The standard InChI is InChI=1S/C10H9ClO3S/c1-6(12)10-5-7-8(11)3-2-4-9(7)15(10,13)14/h2-6,12H,1H3. The molecule has 0 spiro atoms. The van der Waals surface area contributed by atoms with E-state index in [2.05, 4.69) is 0 Å². The third-order valence-electron chi connectivity index (χ3n) is 2.31. The van der Waals surface area contributed by atoms with E-state index in [0.29, 0.717) is 10.6 Å². The van der Waals surface area contributed by atoms with Crippen molar-refractivity contribution in [2.45, 2.75) is 17.9 Å². The molecule has 0 saturated heterocycles. The number of aliphatic hydroxyl groups is 1. The van der Waals surface area contributed by atoms with Gasteiger partial charge in [-0.3, -0.25) is 0 Å². The number of hydrogen-bond acceptors (Lipinski definition) is 3. The number of aliphatic hydroxyl groups excluding tert-OH is 1. The maximum atomic E-state index is 11.9. The molecule has 1 N–H and O–H groups in total. The molecule has 0 amide bonds. The molecule has 0 saturated carbocycles. The molecule has 80 valence electrons. The van der Waals surface area contributed by atoms with Crippen molar-refractivity contribution < 1.29 is 13.5 Å². The van der Waals surface area contributed by atoms with E-state index in [0.717, 1.165) is 0 Å². The van der Waals surface area contributed by atoms with E-state index < -0.39 is 15.9 Å². The number of benzene rings is 1. The monoisotopic (exact) mass is 244 g/mol. The van der Waals surface area contributed by atoms with Gasteiger partial charge < -0.3 is 5.11 Å². The Morgan fingerprint density at radius 3 is 2.60 bits per heavy atom. The maximum Gasteiger partial charge on any atom is 0.206 e. The van der Waals surface area contributed by atoms with Crippen LogP contribution in [0.3, 0.4) is 0 Å². The van der Waals surface area contributed by atoms with Crippen molar-refractivity contribution in [2.75, 3.05) is 0 Å². The number of rotatable bonds is 1. The molecule has 1 atom stereocenters. The first-order valence-corrected chi connectivity index (χ1v) is 6.24. The van der Waals surface area contributed by atoms with Gasteiger partial charge in [-0.15, -0.1) is 0 Å². The van der Waals surface area contributed by atoms with Crippen LogP contribution < -0.4 is 0 Å². The summed E-state index contributed by atoms with van der Waals surface area (Å²) in [5, 5.41) is 9.74. The zero-order chi connectivity index (χ0) is 11.2. The lowest BCUT2D eigenvalue weighted by atomic mass is 10.2. The SMILES string of the molecule is CC(O)C1=Cc2c(Cl)cccc2S1(=O)=O. The van der Waals surface area contributed by atoms with Crippen molar-refractivity contribution in [1.82, 2.24) is 0 Å². The normalized spacial score (nSPS) is 19.5. The third kappa shape index (κ3) is 1.49. The molecule has 3 nitrogen and oxygen atoms in total. The molecular formula is C10H9ClO3S. The van der Waals surface area contributed by atoms with Gasteiger partial charge in [0.1, 0.15) is 0 Å². The van der Waals surface area contributed by atoms with Gasteiger partial charge in [0.05, 0.1) is 15.9 Å². The highest BCUT2D eigenvalue weighted by molar-refractivity contribution is 7.96. The Bertz CT molecular complexity index is 544. The molecule has 0 fully saturated rings. The average molecular weight is 245 g/mol. The summed E-state index contributed by atoms with van der Waals surface area (Å²) in [7, 11) is -3.54. The van der Waals surface area contributed by atoms with Gasteiger partial charge in [-0.25, -0.2) is 8.42 Å². The van der Waals surface area contributed by atoms with E-state index in [4.69, 9.17) is 11.6 Å². The van der Waals surface area contributed by atoms with Crippen molar-refractivity contribution in [3.05, 3.63) is 33.7 Å². The van der Waals surface area contributed by atoms with Gasteiger partial charge in [-0.1, -0.05) is 17.7 Å². The molecule has 1 unspecified atom stereocenters. The lowest BCUT2D eigenvalue weighted by Gasteiger charge is -2.05. The van der Waals surface area contributed by atoms with Gasteiger partial charge in [0.15, 0.2) is 0 Å². The second-order valence-corrected chi connectivity index (χ2v) is 5.70.